The van der Waals surface area contributed by atoms with Crippen LogP contribution in [0.5, 0.6) is 11.5 Å². The number of alkyl halides is 2. The highest BCUT2D eigenvalue weighted by molar-refractivity contribution is 6.05. The van der Waals surface area contributed by atoms with Gasteiger partial charge in [0.05, 0.1) is 13.4 Å². The summed E-state index contributed by atoms with van der Waals surface area (Å²) in [5, 5.41) is 5.28. The van der Waals surface area contributed by atoms with Crippen LogP contribution in [0.15, 0.2) is 65.3 Å². The number of amides is 2. The highest BCUT2D eigenvalue weighted by atomic mass is 19.3. The van der Waals surface area contributed by atoms with Crippen molar-refractivity contribution in [1.82, 2.24) is 0 Å². The smallest absolute Gasteiger partial charge is 0.387 e. The molecule has 150 valence electrons. The summed E-state index contributed by atoms with van der Waals surface area (Å²) in [7, 11) is 1.31. The molecule has 1 aromatic heterocycles. The molecule has 2 amide bonds. The first-order valence-corrected chi connectivity index (χ1v) is 8.35. The first-order valence-electron chi connectivity index (χ1n) is 8.35. The first kappa shape index (κ1) is 19.9. The van der Waals surface area contributed by atoms with Gasteiger partial charge in [-0.15, -0.1) is 0 Å². The van der Waals surface area contributed by atoms with Gasteiger partial charge in [0.25, 0.3) is 11.8 Å². The van der Waals surface area contributed by atoms with E-state index in [1.54, 1.807) is 30.3 Å². The highest BCUT2D eigenvalue weighted by Gasteiger charge is 2.15. The van der Waals surface area contributed by atoms with Gasteiger partial charge in [-0.25, -0.2) is 0 Å². The number of hydrogen-bond acceptors (Lipinski definition) is 5. The third-order valence-electron chi connectivity index (χ3n) is 3.79. The Morgan fingerprint density at radius 2 is 1.59 bits per heavy atom. The maximum Gasteiger partial charge on any atom is 0.387 e. The van der Waals surface area contributed by atoms with Crippen LogP contribution in [0.4, 0.5) is 20.2 Å². The lowest BCUT2D eigenvalue weighted by Gasteiger charge is -2.12. The number of benzene rings is 2. The van der Waals surface area contributed by atoms with E-state index >= 15 is 0 Å². The zero-order chi connectivity index (χ0) is 20.8. The minimum absolute atomic E-state index is 0.0819. The Hall–Kier alpha value is -3.88. The minimum Gasteiger partial charge on any atom is -0.493 e. The van der Waals surface area contributed by atoms with E-state index in [1.165, 1.54) is 31.6 Å². The molecule has 0 saturated carbocycles. The molecule has 0 aliphatic rings. The summed E-state index contributed by atoms with van der Waals surface area (Å²) in [4.78, 5) is 24.3. The Morgan fingerprint density at radius 3 is 2.14 bits per heavy atom. The van der Waals surface area contributed by atoms with Crippen molar-refractivity contribution in [3.05, 3.63) is 72.2 Å². The van der Waals surface area contributed by atoms with Gasteiger partial charge in [-0.3, -0.25) is 9.59 Å². The molecule has 3 rings (SSSR count). The number of carbonyl (C=O) groups is 2. The van der Waals surface area contributed by atoms with Crippen molar-refractivity contribution < 1.29 is 32.3 Å². The number of methoxy groups -OCH3 is 1. The zero-order valence-electron chi connectivity index (χ0n) is 15.1. The fraction of sp³-hybridized carbons (Fsp3) is 0.100. The summed E-state index contributed by atoms with van der Waals surface area (Å²) in [6, 6.07) is 13.4. The van der Waals surface area contributed by atoms with E-state index in [9.17, 15) is 18.4 Å². The van der Waals surface area contributed by atoms with Gasteiger partial charge in [0.2, 0.25) is 0 Å². The predicted molar refractivity (Wildman–Crippen MR) is 101 cm³/mol. The topological polar surface area (TPSA) is 89.8 Å². The summed E-state index contributed by atoms with van der Waals surface area (Å²) in [5.41, 5.74) is 1.05. The Morgan fingerprint density at radius 1 is 0.931 bits per heavy atom. The number of halogens is 2. The van der Waals surface area contributed by atoms with Crippen molar-refractivity contribution in [3.63, 3.8) is 0 Å². The summed E-state index contributed by atoms with van der Waals surface area (Å²) in [6.07, 6.45) is 1.39. The molecule has 29 heavy (non-hydrogen) atoms. The summed E-state index contributed by atoms with van der Waals surface area (Å²) in [6.45, 7) is -3.05. The quantitative estimate of drug-likeness (QED) is 0.612. The molecule has 0 aliphatic heterocycles. The molecular formula is C20H16F2N2O5. The standard InChI is InChI=1S/C20H16F2N2O5/c1-27-15-9-4-12(11-17(15)29-20(21)22)18(25)23-13-5-7-14(8-6-13)24-19(26)16-3-2-10-28-16/h2-11,20H,1H3,(H,23,25)(H,24,26). The van der Waals surface area contributed by atoms with Gasteiger partial charge in [-0.05, 0) is 54.6 Å². The van der Waals surface area contributed by atoms with Crippen LogP contribution in [0.2, 0.25) is 0 Å². The second-order valence-electron chi connectivity index (χ2n) is 5.71. The summed E-state index contributed by atoms with van der Waals surface area (Å²) in [5.74, 6) is -0.927. The Bertz CT molecular complexity index is 989. The summed E-state index contributed by atoms with van der Waals surface area (Å²) < 4.78 is 39.4. The van der Waals surface area contributed by atoms with E-state index in [0.717, 1.165) is 6.07 Å². The molecule has 9 heteroatoms. The first-order chi connectivity index (χ1) is 14.0. The Labute approximate surface area is 164 Å². The zero-order valence-corrected chi connectivity index (χ0v) is 15.1. The van der Waals surface area contributed by atoms with Crippen molar-refractivity contribution in [3.8, 4) is 11.5 Å². The van der Waals surface area contributed by atoms with Gasteiger partial charge in [-0.1, -0.05) is 0 Å². The van der Waals surface area contributed by atoms with Gasteiger partial charge < -0.3 is 24.5 Å². The van der Waals surface area contributed by atoms with Crippen molar-refractivity contribution in [1.29, 1.82) is 0 Å². The van der Waals surface area contributed by atoms with Crippen LogP contribution < -0.4 is 20.1 Å². The van der Waals surface area contributed by atoms with Crippen LogP contribution in [0.25, 0.3) is 0 Å². The number of ether oxygens (including phenoxy) is 2. The normalized spacial score (nSPS) is 10.5. The average Bonchev–Trinajstić information content (AvgIpc) is 3.24. The van der Waals surface area contributed by atoms with Crippen molar-refractivity contribution in [2.75, 3.05) is 17.7 Å². The molecule has 0 bridgehead atoms. The number of hydrogen-bond donors (Lipinski definition) is 2. The van der Waals surface area contributed by atoms with E-state index in [4.69, 9.17) is 9.15 Å². The van der Waals surface area contributed by atoms with Crippen LogP contribution >= 0.6 is 0 Å². The van der Waals surface area contributed by atoms with Gasteiger partial charge >= 0.3 is 6.61 Å². The van der Waals surface area contributed by atoms with Crippen LogP contribution in [0.3, 0.4) is 0 Å². The van der Waals surface area contributed by atoms with Gasteiger partial charge in [0, 0.05) is 16.9 Å². The molecule has 0 unspecified atom stereocenters. The molecule has 2 aromatic carbocycles. The molecule has 7 nitrogen and oxygen atoms in total. The van der Waals surface area contributed by atoms with Crippen molar-refractivity contribution in [2.24, 2.45) is 0 Å². The number of nitrogens with one attached hydrogen (secondary N) is 2. The van der Waals surface area contributed by atoms with Crippen molar-refractivity contribution in [2.45, 2.75) is 6.61 Å². The van der Waals surface area contributed by atoms with E-state index in [2.05, 4.69) is 15.4 Å². The lowest BCUT2D eigenvalue weighted by molar-refractivity contribution is -0.0512. The largest absolute Gasteiger partial charge is 0.493 e. The van der Waals surface area contributed by atoms with E-state index < -0.39 is 18.4 Å². The molecule has 0 saturated heterocycles. The minimum atomic E-state index is -3.05. The van der Waals surface area contributed by atoms with Crippen LogP contribution in [0, 0.1) is 0 Å². The molecular weight excluding hydrogens is 386 g/mol. The van der Waals surface area contributed by atoms with E-state index in [1.807, 2.05) is 0 Å². The number of carbonyl (C=O) groups excluding carboxylic acids is 2. The van der Waals surface area contributed by atoms with Crippen LogP contribution in [0.1, 0.15) is 20.9 Å². The lowest BCUT2D eigenvalue weighted by Crippen LogP contribution is -2.13. The van der Waals surface area contributed by atoms with Gasteiger partial charge in [-0.2, -0.15) is 8.78 Å². The number of rotatable bonds is 7. The third kappa shape index (κ3) is 5.10. The monoisotopic (exact) mass is 402 g/mol. The highest BCUT2D eigenvalue weighted by Crippen LogP contribution is 2.30. The SMILES string of the molecule is COc1ccc(C(=O)Nc2ccc(NC(=O)c3ccco3)cc2)cc1OC(F)F. The molecule has 2 N–H and O–H groups in total. The third-order valence-corrected chi connectivity index (χ3v) is 3.79. The molecule has 0 atom stereocenters. The number of anilines is 2. The second-order valence-corrected chi connectivity index (χ2v) is 5.71. The predicted octanol–water partition coefficient (Wildman–Crippen LogP) is 4.39. The second kappa shape index (κ2) is 8.87. The van der Waals surface area contributed by atoms with Gasteiger partial charge in [0.1, 0.15) is 0 Å². The molecule has 1 heterocycles. The van der Waals surface area contributed by atoms with Gasteiger partial charge in [0.15, 0.2) is 17.3 Å². The average molecular weight is 402 g/mol. The van der Waals surface area contributed by atoms with E-state index in [-0.39, 0.29) is 22.8 Å². The van der Waals surface area contributed by atoms with E-state index in [0.29, 0.717) is 11.4 Å². The molecule has 0 aliphatic carbocycles. The maximum absolute atomic E-state index is 12.5. The van der Waals surface area contributed by atoms with Crippen LogP contribution in [-0.4, -0.2) is 25.5 Å². The number of furan rings is 1. The fourth-order valence-corrected chi connectivity index (χ4v) is 2.45. The molecule has 3 aromatic rings. The van der Waals surface area contributed by atoms with Crippen LogP contribution in [-0.2, 0) is 0 Å². The Balaban J connectivity index is 1.67. The fourth-order valence-electron chi connectivity index (χ4n) is 2.45. The Kier molecular flexibility index (Phi) is 6.08. The summed E-state index contributed by atoms with van der Waals surface area (Å²) >= 11 is 0. The molecule has 0 radical (unpaired) electrons. The molecule has 0 fully saturated rings. The lowest BCUT2D eigenvalue weighted by atomic mass is 10.1. The maximum atomic E-state index is 12.5. The molecule has 0 spiro atoms. The van der Waals surface area contributed by atoms with Crippen molar-refractivity contribution >= 4 is 23.2 Å².